The SMILES string of the molecule is O=C1CO[C@@H](c2cccc(C(F)(F)F)c2F)CN1. The van der Waals surface area contributed by atoms with Gasteiger partial charge in [-0.05, 0) is 6.07 Å². The van der Waals surface area contributed by atoms with Gasteiger partial charge in [-0.2, -0.15) is 13.2 Å². The molecule has 18 heavy (non-hydrogen) atoms. The summed E-state index contributed by atoms with van der Waals surface area (Å²) < 4.78 is 56.3. The fraction of sp³-hybridized carbons (Fsp3) is 0.364. The van der Waals surface area contributed by atoms with Gasteiger partial charge in [0.1, 0.15) is 18.5 Å². The molecule has 1 aliphatic heterocycles. The zero-order valence-electron chi connectivity index (χ0n) is 9.05. The third-order valence-electron chi connectivity index (χ3n) is 2.58. The van der Waals surface area contributed by atoms with E-state index in [9.17, 15) is 22.4 Å². The highest BCUT2D eigenvalue weighted by Gasteiger charge is 2.36. The minimum absolute atomic E-state index is 0.0446. The molecule has 98 valence electrons. The molecular formula is C11H9F4NO2. The fourth-order valence-electron chi connectivity index (χ4n) is 1.71. The molecular weight excluding hydrogens is 254 g/mol. The van der Waals surface area contributed by atoms with Crippen LogP contribution >= 0.6 is 0 Å². The molecule has 3 nitrogen and oxygen atoms in total. The molecule has 1 aromatic carbocycles. The quantitative estimate of drug-likeness (QED) is 0.787. The Morgan fingerprint density at radius 3 is 2.61 bits per heavy atom. The van der Waals surface area contributed by atoms with E-state index >= 15 is 0 Å². The van der Waals surface area contributed by atoms with Gasteiger partial charge in [0.25, 0.3) is 0 Å². The van der Waals surface area contributed by atoms with Crippen LogP contribution in [0.25, 0.3) is 0 Å². The first-order chi connectivity index (χ1) is 8.39. The molecule has 0 aliphatic carbocycles. The van der Waals surface area contributed by atoms with Gasteiger partial charge in [0, 0.05) is 12.1 Å². The van der Waals surface area contributed by atoms with Crippen LogP contribution in [0.2, 0.25) is 0 Å². The Hall–Kier alpha value is -1.63. The van der Waals surface area contributed by atoms with E-state index in [1.807, 2.05) is 0 Å². The van der Waals surface area contributed by atoms with E-state index in [2.05, 4.69) is 5.32 Å². The van der Waals surface area contributed by atoms with Crippen LogP contribution in [0.3, 0.4) is 0 Å². The Bertz CT molecular complexity index is 463. The summed E-state index contributed by atoms with van der Waals surface area (Å²) in [5, 5.41) is 2.40. The standard InChI is InChI=1S/C11H9F4NO2/c12-10-6(8-4-16-9(17)5-18-8)2-1-3-7(10)11(13,14)15/h1-3,8H,4-5H2,(H,16,17)/t8-/m1/s1. The first-order valence-electron chi connectivity index (χ1n) is 5.13. The lowest BCUT2D eigenvalue weighted by Crippen LogP contribution is -2.39. The van der Waals surface area contributed by atoms with Gasteiger partial charge in [-0.15, -0.1) is 0 Å². The average molecular weight is 263 g/mol. The number of hydrogen-bond acceptors (Lipinski definition) is 2. The predicted octanol–water partition coefficient (Wildman–Crippen LogP) is 2.03. The molecule has 1 fully saturated rings. The predicted molar refractivity (Wildman–Crippen MR) is 53.1 cm³/mol. The van der Waals surface area contributed by atoms with Gasteiger partial charge in [-0.25, -0.2) is 4.39 Å². The number of ether oxygens (including phenoxy) is 1. The maximum atomic E-state index is 13.7. The number of benzene rings is 1. The zero-order valence-corrected chi connectivity index (χ0v) is 9.05. The molecule has 1 aromatic rings. The van der Waals surface area contributed by atoms with Crippen molar-refractivity contribution in [1.82, 2.24) is 5.32 Å². The van der Waals surface area contributed by atoms with Crippen molar-refractivity contribution in [2.45, 2.75) is 12.3 Å². The fourth-order valence-corrected chi connectivity index (χ4v) is 1.71. The Morgan fingerprint density at radius 2 is 2.06 bits per heavy atom. The van der Waals surface area contributed by atoms with Crippen LogP contribution in [0.4, 0.5) is 17.6 Å². The van der Waals surface area contributed by atoms with Crippen molar-refractivity contribution in [3.63, 3.8) is 0 Å². The summed E-state index contributed by atoms with van der Waals surface area (Å²) in [7, 11) is 0. The summed E-state index contributed by atoms with van der Waals surface area (Å²) in [6, 6.07) is 2.99. The molecule has 1 atom stereocenters. The van der Waals surface area contributed by atoms with Crippen molar-refractivity contribution >= 4 is 5.91 Å². The second-order valence-electron chi connectivity index (χ2n) is 3.81. The van der Waals surface area contributed by atoms with Gasteiger partial charge in [0.2, 0.25) is 5.91 Å². The Balaban J connectivity index is 2.32. The van der Waals surface area contributed by atoms with Crippen LogP contribution < -0.4 is 5.32 Å². The number of hydrogen-bond donors (Lipinski definition) is 1. The number of carbonyl (C=O) groups excluding carboxylic acids is 1. The van der Waals surface area contributed by atoms with Crippen LogP contribution in [-0.2, 0) is 15.7 Å². The Labute approximate surface area is 99.7 Å². The second-order valence-corrected chi connectivity index (χ2v) is 3.81. The first-order valence-corrected chi connectivity index (χ1v) is 5.13. The number of alkyl halides is 3. The van der Waals surface area contributed by atoms with Gasteiger partial charge in [-0.3, -0.25) is 4.79 Å². The molecule has 1 N–H and O–H groups in total. The van der Waals surface area contributed by atoms with E-state index in [-0.39, 0.29) is 24.6 Å². The summed E-state index contributed by atoms with van der Waals surface area (Å²) in [6.07, 6.45) is -5.65. The Morgan fingerprint density at radius 1 is 1.33 bits per heavy atom. The van der Waals surface area contributed by atoms with E-state index in [1.165, 1.54) is 6.07 Å². The van der Waals surface area contributed by atoms with Crippen molar-refractivity contribution in [2.75, 3.05) is 13.2 Å². The van der Waals surface area contributed by atoms with Crippen molar-refractivity contribution < 1.29 is 27.1 Å². The lowest BCUT2D eigenvalue weighted by atomic mass is 10.0. The molecule has 0 aromatic heterocycles. The third kappa shape index (κ3) is 2.45. The van der Waals surface area contributed by atoms with Crippen LogP contribution in [0, 0.1) is 5.82 Å². The van der Waals surface area contributed by atoms with Crippen molar-refractivity contribution in [2.24, 2.45) is 0 Å². The minimum atomic E-state index is -4.75. The maximum Gasteiger partial charge on any atom is 0.419 e. The summed E-state index contributed by atoms with van der Waals surface area (Å²) >= 11 is 0. The summed E-state index contributed by atoms with van der Waals surface area (Å²) in [5.74, 6) is -1.73. The van der Waals surface area contributed by atoms with Gasteiger partial charge in [-0.1, -0.05) is 12.1 Å². The zero-order chi connectivity index (χ0) is 13.3. The summed E-state index contributed by atoms with van der Waals surface area (Å²) in [4.78, 5) is 10.8. The molecule has 0 radical (unpaired) electrons. The molecule has 1 saturated heterocycles. The number of amides is 1. The molecule has 1 aliphatic rings. The molecule has 2 rings (SSSR count). The van der Waals surface area contributed by atoms with E-state index < -0.39 is 23.7 Å². The van der Waals surface area contributed by atoms with E-state index in [0.717, 1.165) is 6.07 Å². The van der Waals surface area contributed by atoms with Crippen molar-refractivity contribution in [1.29, 1.82) is 0 Å². The Kier molecular flexibility index (Phi) is 3.25. The van der Waals surface area contributed by atoms with E-state index in [1.54, 1.807) is 0 Å². The number of morpholine rings is 1. The van der Waals surface area contributed by atoms with Crippen LogP contribution in [0.1, 0.15) is 17.2 Å². The van der Waals surface area contributed by atoms with Crippen LogP contribution in [0.5, 0.6) is 0 Å². The molecule has 0 saturated carbocycles. The van der Waals surface area contributed by atoms with E-state index in [4.69, 9.17) is 4.74 Å². The van der Waals surface area contributed by atoms with Crippen molar-refractivity contribution in [3.8, 4) is 0 Å². The first kappa shape index (κ1) is 12.8. The van der Waals surface area contributed by atoms with Gasteiger partial charge in [0.05, 0.1) is 5.56 Å². The largest absolute Gasteiger partial charge is 0.419 e. The highest BCUT2D eigenvalue weighted by atomic mass is 19.4. The van der Waals surface area contributed by atoms with Crippen molar-refractivity contribution in [3.05, 3.63) is 35.1 Å². The van der Waals surface area contributed by atoms with Gasteiger partial charge in [0.15, 0.2) is 0 Å². The van der Waals surface area contributed by atoms with Crippen LogP contribution in [0.15, 0.2) is 18.2 Å². The second kappa shape index (κ2) is 4.56. The van der Waals surface area contributed by atoms with Gasteiger partial charge < -0.3 is 10.1 Å². The van der Waals surface area contributed by atoms with E-state index in [0.29, 0.717) is 6.07 Å². The minimum Gasteiger partial charge on any atom is -0.362 e. The molecule has 0 bridgehead atoms. The molecule has 0 unspecified atom stereocenters. The summed E-state index contributed by atoms with van der Waals surface area (Å²) in [5.41, 5.74) is -1.54. The molecule has 0 spiro atoms. The highest BCUT2D eigenvalue weighted by Crippen LogP contribution is 2.34. The molecule has 1 heterocycles. The third-order valence-corrected chi connectivity index (χ3v) is 2.58. The lowest BCUT2D eigenvalue weighted by molar-refractivity contribution is -0.141. The molecule has 1 amide bonds. The van der Waals surface area contributed by atoms with Gasteiger partial charge >= 0.3 is 6.18 Å². The number of nitrogens with one attached hydrogen (secondary N) is 1. The topological polar surface area (TPSA) is 38.3 Å². The average Bonchev–Trinajstić information content (AvgIpc) is 2.29. The number of carbonyl (C=O) groups is 1. The summed E-state index contributed by atoms with van der Waals surface area (Å²) in [6.45, 7) is -0.336. The normalized spacial score (nSPS) is 20.7. The smallest absolute Gasteiger partial charge is 0.362 e. The number of rotatable bonds is 1. The monoisotopic (exact) mass is 263 g/mol. The highest BCUT2D eigenvalue weighted by molar-refractivity contribution is 5.77. The lowest BCUT2D eigenvalue weighted by Gasteiger charge is -2.24. The number of halogens is 4. The molecule has 7 heteroatoms. The maximum absolute atomic E-state index is 13.7. The van der Waals surface area contributed by atoms with Crippen LogP contribution in [-0.4, -0.2) is 19.1 Å².